The van der Waals surface area contributed by atoms with E-state index in [2.05, 4.69) is 24.1 Å². The third kappa shape index (κ3) is 2.95. The molecular formula is C20H25N3O4. The molecule has 0 spiro atoms. The van der Waals surface area contributed by atoms with Crippen molar-refractivity contribution in [3.8, 4) is 5.75 Å². The highest BCUT2D eigenvalue weighted by Crippen LogP contribution is 2.40. The number of nitrogens with one attached hydrogen (secondary N) is 1. The number of hydrogen-bond donors (Lipinski definition) is 1. The lowest BCUT2D eigenvalue weighted by molar-refractivity contribution is -0.136. The quantitative estimate of drug-likeness (QED) is 0.817. The monoisotopic (exact) mass is 371 g/mol. The van der Waals surface area contributed by atoms with E-state index in [0.717, 1.165) is 36.4 Å². The molecule has 0 aromatic heterocycles. The van der Waals surface area contributed by atoms with Gasteiger partial charge in [-0.2, -0.15) is 0 Å². The van der Waals surface area contributed by atoms with Gasteiger partial charge in [0.05, 0.1) is 11.7 Å². The molecule has 144 valence electrons. The Hall–Kier alpha value is -2.57. The summed E-state index contributed by atoms with van der Waals surface area (Å²) in [5.74, 6) is -0.0758. The number of ether oxygens (including phenoxy) is 1. The van der Waals surface area contributed by atoms with E-state index in [1.165, 1.54) is 0 Å². The molecule has 1 N–H and O–H groups in total. The molecule has 1 fully saturated rings. The predicted molar refractivity (Wildman–Crippen MR) is 99.7 cm³/mol. The number of benzene rings is 1. The van der Waals surface area contributed by atoms with Gasteiger partial charge >= 0.3 is 0 Å². The highest BCUT2D eigenvalue weighted by Gasteiger charge is 2.40. The molecule has 1 aromatic carbocycles. The molecule has 1 unspecified atom stereocenters. The van der Waals surface area contributed by atoms with E-state index >= 15 is 0 Å². The molecule has 1 saturated heterocycles. The molecule has 0 aliphatic carbocycles. The molecule has 3 amide bonds. The molecule has 0 saturated carbocycles. The molecule has 3 aliphatic rings. The Labute approximate surface area is 158 Å². The Kier molecular flexibility index (Phi) is 4.53. The van der Waals surface area contributed by atoms with Crippen molar-refractivity contribution in [2.24, 2.45) is 0 Å². The molecule has 2 atom stereocenters. The fourth-order valence-electron chi connectivity index (χ4n) is 4.28. The van der Waals surface area contributed by atoms with Gasteiger partial charge in [0.2, 0.25) is 11.8 Å². The first-order valence-electron chi connectivity index (χ1n) is 9.74. The highest BCUT2D eigenvalue weighted by atomic mass is 16.5. The van der Waals surface area contributed by atoms with Crippen molar-refractivity contribution in [3.05, 3.63) is 23.3 Å². The third-order valence-electron chi connectivity index (χ3n) is 5.72. The number of piperidine rings is 1. The summed E-state index contributed by atoms with van der Waals surface area (Å²) in [4.78, 5) is 40.5. The van der Waals surface area contributed by atoms with Crippen LogP contribution < -0.4 is 15.0 Å². The van der Waals surface area contributed by atoms with E-state index in [1.807, 2.05) is 12.1 Å². The van der Waals surface area contributed by atoms with Crippen molar-refractivity contribution in [2.75, 3.05) is 18.1 Å². The van der Waals surface area contributed by atoms with Gasteiger partial charge in [0.15, 0.2) is 0 Å². The van der Waals surface area contributed by atoms with Crippen LogP contribution in [0.25, 0.3) is 0 Å². The summed E-state index contributed by atoms with van der Waals surface area (Å²) >= 11 is 0. The third-order valence-corrected chi connectivity index (χ3v) is 5.72. The molecule has 0 bridgehead atoms. The number of nitrogens with zero attached hydrogens (tertiary/aromatic N) is 2. The van der Waals surface area contributed by atoms with Crippen molar-refractivity contribution >= 4 is 23.4 Å². The summed E-state index contributed by atoms with van der Waals surface area (Å²) in [6.07, 6.45) is 2.67. The second-order valence-corrected chi connectivity index (χ2v) is 7.44. The fraction of sp³-hybridized carbons (Fsp3) is 0.550. The van der Waals surface area contributed by atoms with Crippen molar-refractivity contribution in [3.63, 3.8) is 0 Å². The zero-order valence-corrected chi connectivity index (χ0v) is 15.8. The van der Waals surface area contributed by atoms with Gasteiger partial charge in [0.1, 0.15) is 18.4 Å². The van der Waals surface area contributed by atoms with Crippen molar-refractivity contribution in [1.29, 1.82) is 0 Å². The molecular weight excluding hydrogens is 346 g/mol. The SMILES string of the molecule is CCCN1c2cc3c(cc2OC[C@@H]1CC)C(=O)N(C1CCC(=O)NC1=O)C3. The minimum absolute atomic E-state index is 0.162. The van der Waals surface area contributed by atoms with Crippen LogP contribution >= 0.6 is 0 Å². The van der Waals surface area contributed by atoms with Crippen LogP contribution in [0, 0.1) is 0 Å². The summed E-state index contributed by atoms with van der Waals surface area (Å²) in [6.45, 7) is 6.27. The van der Waals surface area contributed by atoms with Crippen LogP contribution in [-0.4, -0.2) is 47.9 Å². The van der Waals surface area contributed by atoms with E-state index in [4.69, 9.17) is 4.74 Å². The maximum absolute atomic E-state index is 12.9. The minimum Gasteiger partial charge on any atom is -0.489 e. The Bertz CT molecular complexity index is 807. The number of fused-ring (bicyclic) bond motifs is 2. The number of amides is 3. The molecule has 3 aliphatic heterocycles. The van der Waals surface area contributed by atoms with Crippen molar-refractivity contribution in [1.82, 2.24) is 10.2 Å². The van der Waals surface area contributed by atoms with Gasteiger partial charge in [-0.25, -0.2) is 0 Å². The van der Waals surface area contributed by atoms with Crippen LogP contribution in [0.3, 0.4) is 0 Å². The second kappa shape index (κ2) is 6.87. The largest absolute Gasteiger partial charge is 0.489 e. The lowest BCUT2D eigenvalue weighted by Crippen LogP contribution is -2.52. The Morgan fingerprint density at radius 3 is 2.74 bits per heavy atom. The first-order valence-corrected chi connectivity index (χ1v) is 9.74. The molecule has 4 rings (SSSR count). The number of imide groups is 1. The first kappa shape index (κ1) is 17.8. The maximum Gasteiger partial charge on any atom is 0.255 e. The smallest absolute Gasteiger partial charge is 0.255 e. The van der Waals surface area contributed by atoms with Gasteiger partial charge < -0.3 is 14.5 Å². The van der Waals surface area contributed by atoms with Crippen LogP contribution in [0.1, 0.15) is 55.5 Å². The summed E-state index contributed by atoms with van der Waals surface area (Å²) in [5.41, 5.74) is 2.56. The van der Waals surface area contributed by atoms with Crippen molar-refractivity contribution in [2.45, 2.75) is 58.2 Å². The highest BCUT2D eigenvalue weighted by molar-refractivity contribution is 6.05. The lowest BCUT2D eigenvalue weighted by Gasteiger charge is -2.38. The number of anilines is 1. The minimum atomic E-state index is -0.587. The predicted octanol–water partition coefficient (Wildman–Crippen LogP) is 1.83. The first-order chi connectivity index (χ1) is 13.0. The molecule has 0 radical (unpaired) electrons. The lowest BCUT2D eigenvalue weighted by atomic mass is 10.0. The zero-order chi connectivity index (χ0) is 19.1. The van der Waals surface area contributed by atoms with Crippen LogP contribution in [0.2, 0.25) is 0 Å². The molecule has 3 heterocycles. The average molecular weight is 371 g/mol. The van der Waals surface area contributed by atoms with E-state index in [-0.39, 0.29) is 24.1 Å². The molecule has 7 nitrogen and oxygen atoms in total. The second-order valence-electron chi connectivity index (χ2n) is 7.44. The fourth-order valence-corrected chi connectivity index (χ4v) is 4.28. The molecule has 7 heteroatoms. The normalized spacial score (nSPS) is 24.4. The van der Waals surface area contributed by atoms with Gasteiger partial charge in [-0.15, -0.1) is 0 Å². The Morgan fingerprint density at radius 2 is 2.04 bits per heavy atom. The van der Waals surface area contributed by atoms with Gasteiger partial charge in [-0.1, -0.05) is 13.8 Å². The van der Waals surface area contributed by atoms with Gasteiger partial charge in [0, 0.05) is 25.1 Å². The van der Waals surface area contributed by atoms with E-state index in [1.54, 1.807) is 4.90 Å². The van der Waals surface area contributed by atoms with Crippen LogP contribution in [0.15, 0.2) is 12.1 Å². The van der Waals surface area contributed by atoms with E-state index < -0.39 is 6.04 Å². The van der Waals surface area contributed by atoms with E-state index in [9.17, 15) is 14.4 Å². The number of hydrogen-bond acceptors (Lipinski definition) is 5. The van der Waals surface area contributed by atoms with Gasteiger partial charge in [-0.05, 0) is 37.0 Å². The number of carbonyl (C=O) groups excluding carboxylic acids is 3. The Balaban J connectivity index is 1.65. The summed E-state index contributed by atoms with van der Waals surface area (Å²) < 4.78 is 5.96. The standard InChI is InChI=1S/C20H25N3O4/c1-3-7-22-13(4-2)11-27-17-9-14-12(8-16(17)22)10-23(20(14)26)15-5-6-18(24)21-19(15)25/h8-9,13,15H,3-7,10-11H2,1-2H3,(H,21,24,25)/t13-,15?/m0/s1. The summed E-state index contributed by atoms with van der Waals surface area (Å²) in [7, 11) is 0. The summed E-state index contributed by atoms with van der Waals surface area (Å²) in [5, 5.41) is 2.34. The molecule has 1 aromatic rings. The van der Waals surface area contributed by atoms with Gasteiger partial charge in [-0.3, -0.25) is 19.7 Å². The topological polar surface area (TPSA) is 79.0 Å². The average Bonchev–Trinajstić information content (AvgIpc) is 2.96. The van der Waals surface area contributed by atoms with Gasteiger partial charge in [0.25, 0.3) is 5.91 Å². The van der Waals surface area contributed by atoms with Crippen LogP contribution in [-0.2, 0) is 16.1 Å². The number of carbonyl (C=O) groups is 3. The molecule has 27 heavy (non-hydrogen) atoms. The van der Waals surface area contributed by atoms with Crippen LogP contribution in [0.4, 0.5) is 5.69 Å². The van der Waals surface area contributed by atoms with E-state index in [0.29, 0.717) is 31.2 Å². The maximum atomic E-state index is 12.9. The zero-order valence-electron chi connectivity index (χ0n) is 15.8. The van der Waals surface area contributed by atoms with Crippen molar-refractivity contribution < 1.29 is 19.1 Å². The number of rotatable bonds is 4. The van der Waals surface area contributed by atoms with Crippen LogP contribution in [0.5, 0.6) is 5.75 Å². The summed E-state index contributed by atoms with van der Waals surface area (Å²) in [6, 6.07) is 3.62. The Morgan fingerprint density at radius 1 is 1.22 bits per heavy atom.